The summed E-state index contributed by atoms with van der Waals surface area (Å²) in [5.74, 6) is 2.12. The molecule has 5 atom stereocenters. The summed E-state index contributed by atoms with van der Waals surface area (Å²) in [5, 5.41) is 17.9. The third-order valence-electron chi connectivity index (χ3n) is 9.47. The Balaban J connectivity index is 1.30. The molecule has 0 radical (unpaired) electrons. The van der Waals surface area contributed by atoms with Crippen LogP contribution in [0.2, 0.25) is 0 Å². The Bertz CT molecular complexity index is 1160. The lowest BCUT2D eigenvalue weighted by atomic mass is 9.51. The first-order valence-electron chi connectivity index (χ1n) is 13.4. The standard InChI is InChI=1S/C29H35N3O3/c1-17(33)31-23-14-25(34)27-26-20(23)13-24-21-9-10-22(30-15-18-5-3-2-4-6-18)28(35-27)29(21,26)11-12-32(24)16-19-7-8-19/h2-6,14,19,21-22,24,28,30,34H,7-13,15-16H2,1H3,(H,31,33)/t21-,22+,24+,28-,29-/m0/s1. The van der Waals surface area contributed by atoms with E-state index in [1.807, 2.05) is 0 Å². The van der Waals surface area contributed by atoms with Crippen molar-refractivity contribution in [2.75, 3.05) is 18.4 Å². The molecule has 1 spiro atoms. The number of piperidine rings is 1. The van der Waals surface area contributed by atoms with Crippen molar-refractivity contribution in [3.05, 3.63) is 53.1 Å². The number of nitrogens with zero attached hydrogens (tertiary/aromatic N) is 1. The van der Waals surface area contributed by atoms with Crippen molar-refractivity contribution >= 4 is 11.6 Å². The topological polar surface area (TPSA) is 73.8 Å². The molecule has 2 bridgehead atoms. The average molecular weight is 474 g/mol. The summed E-state index contributed by atoms with van der Waals surface area (Å²) < 4.78 is 6.76. The molecule has 3 aliphatic carbocycles. The first-order valence-corrected chi connectivity index (χ1v) is 13.4. The maximum Gasteiger partial charge on any atom is 0.221 e. The number of aromatic hydroxyl groups is 1. The molecule has 2 aromatic carbocycles. The monoisotopic (exact) mass is 473 g/mol. The molecule has 0 unspecified atom stereocenters. The molecule has 2 saturated carbocycles. The quantitative estimate of drug-likeness (QED) is 0.592. The van der Waals surface area contributed by atoms with Crippen LogP contribution in [0.25, 0.3) is 0 Å². The number of hydrogen-bond acceptors (Lipinski definition) is 5. The largest absolute Gasteiger partial charge is 0.504 e. The number of nitrogens with one attached hydrogen (secondary N) is 2. The predicted octanol–water partition coefficient (Wildman–Crippen LogP) is 3.96. The summed E-state index contributed by atoms with van der Waals surface area (Å²) in [7, 11) is 0. The van der Waals surface area contributed by atoms with Crippen molar-refractivity contribution in [1.29, 1.82) is 0 Å². The van der Waals surface area contributed by atoms with Gasteiger partial charge < -0.3 is 20.5 Å². The highest BCUT2D eigenvalue weighted by Crippen LogP contribution is 2.65. The first-order chi connectivity index (χ1) is 17.0. The highest BCUT2D eigenvalue weighted by molar-refractivity contribution is 5.91. The number of phenols is 1. The van der Waals surface area contributed by atoms with Gasteiger partial charge in [0, 0.05) is 54.8 Å². The van der Waals surface area contributed by atoms with E-state index in [0.717, 1.165) is 44.0 Å². The zero-order valence-electron chi connectivity index (χ0n) is 20.4. The van der Waals surface area contributed by atoms with Crippen LogP contribution in [0.15, 0.2) is 36.4 Å². The Kier molecular flexibility index (Phi) is 4.94. The molecule has 184 valence electrons. The summed E-state index contributed by atoms with van der Waals surface area (Å²) in [6.45, 7) is 4.65. The van der Waals surface area contributed by atoms with E-state index in [4.69, 9.17) is 4.74 Å². The lowest BCUT2D eigenvalue weighted by Crippen LogP contribution is -2.68. The van der Waals surface area contributed by atoms with E-state index in [0.29, 0.717) is 17.7 Å². The number of carbonyl (C=O) groups excluding carboxylic acids is 1. The normalized spacial score (nSPS) is 32.6. The molecule has 3 fully saturated rings. The molecule has 1 amide bonds. The Morgan fingerprint density at radius 1 is 1.20 bits per heavy atom. The number of anilines is 1. The molecule has 7 rings (SSSR count). The minimum Gasteiger partial charge on any atom is -0.504 e. The number of hydrogen-bond donors (Lipinski definition) is 3. The second kappa shape index (κ2) is 7.97. The van der Waals surface area contributed by atoms with Gasteiger partial charge in [-0.25, -0.2) is 0 Å². The Morgan fingerprint density at radius 3 is 2.80 bits per heavy atom. The molecule has 2 aliphatic heterocycles. The van der Waals surface area contributed by atoms with Gasteiger partial charge in [-0.2, -0.15) is 0 Å². The number of carbonyl (C=O) groups is 1. The van der Waals surface area contributed by atoms with Crippen LogP contribution < -0.4 is 15.4 Å². The van der Waals surface area contributed by atoms with Crippen LogP contribution in [0.3, 0.4) is 0 Å². The maximum atomic E-state index is 12.1. The van der Waals surface area contributed by atoms with E-state index in [1.165, 1.54) is 42.5 Å². The fourth-order valence-corrected chi connectivity index (χ4v) is 7.92. The van der Waals surface area contributed by atoms with Crippen LogP contribution in [0.1, 0.15) is 55.7 Å². The lowest BCUT2D eigenvalue weighted by Gasteiger charge is -2.60. The van der Waals surface area contributed by atoms with Gasteiger partial charge in [0.05, 0.1) is 0 Å². The predicted molar refractivity (Wildman–Crippen MR) is 135 cm³/mol. The summed E-state index contributed by atoms with van der Waals surface area (Å²) >= 11 is 0. The van der Waals surface area contributed by atoms with Crippen LogP contribution in [0.4, 0.5) is 5.69 Å². The van der Waals surface area contributed by atoms with Crippen LogP contribution >= 0.6 is 0 Å². The van der Waals surface area contributed by atoms with Gasteiger partial charge in [-0.3, -0.25) is 9.69 Å². The molecular formula is C29H35N3O3. The van der Waals surface area contributed by atoms with Gasteiger partial charge in [0.1, 0.15) is 6.10 Å². The van der Waals surface area contributed by atoms with Crippen molar-refractivity contribution in [1.82, 2.24) is 10.2 Å². The van der Waals surface area contributed by atoms with E-state index in [1.54, 1.807) is 13.0 Å². The van der Waals surface area contributed by atoms with E-state index >= 15 is 0 Å². The Hall–Kier alpha value is -2.57. The fraction of sp³-hybridized carbons (Fsp3) is 0.552. The number of benzene rings is 2. The minimum atomic E-state index is -0.105. The van der Waals surface area contributed by atoms with E-state index < -0.39 is 0 Å². The molecule has 3 N–H and O–H groups in total. The third kappa shape index (κ3) is 3.33. The maximum absolute atomic E-state index is 12.1. The van der Waals surface area contributed by atoms with E-state index in [9.17, 15) is 9.90 Å². The summed E-state index contributed by atoms with van der Waals surface area (Å²) in [6.07, 6.45) is 6.96. The zero-order valence-corrected chi connectivity index (χ0v) is 20.4. The molecule has 0 aromatic heterocycles. The van der Waals surface area contributed by atoms with Crippen molar-refractivity contribution in [3.8, 4) is 11.5 Å². The van der Waals surface area contributed by atoms with Crippen molar-refractivity contribution in [2.45, 2.75) is 75.6 Å². The Labute approximate surface area is 207 Å². The third-order valence-corrected chi connectivity index (χ3v) is 9.47. The molecule has 35 heavy (non-hydrogen) atoms. The average Bonchev–Trinajstić information content (AvgIpc) is 3.60. The summed E-state index contributed by atoms with van der Waals surface area (Å²) in [4.78, 5) is 14.8. The number of likely N-dealkylation sites (tertiary alicyclic amines) is 1. The van der Waals surface area contributed by atoms with Gasteiger partial charge in [0.25, 0.3) is 0 Å². The molecule has 5 aliphatic rings. The first kappa shape index (κ1) is 21.7. The molecule has 1 saturated heterocycles. The summed E-state index contributed by atoms with van der Waals surface area (Å²) in [5.41, 5.74) is 4.34. The highest BCUT2D eigenvalue weighted by atomic mass is 16.5. The molecule has 6 heteroatoms. The van der Waals surface area contributed by atoms with Crippen LogP contribution in [0.5, 0.6) is 11.5 Å². The van der Waals surface area contributed by atoms with Crippen LogP contribution in [-0.4, -0.2) is 47.2 Å². The number of amides is 1. The zero-order chi connectivity index (χ0) is 23.7. The lowest BCUT2D eigenvalue weighted by molar-refractivity contribution is -0.114. The van der Waals surface area contributed by atoms with Crippen molar-refractivity contribution < 1.29 is 14.6 Å². The smallest absolute Gasteiger partial charge is 0.221 e. The fourth-order valence-electron chi connectivity index (χ4n) is 7.92. The van der Waals surface area contributed by atoms with Crippen molar-refractivity contribution in [3.63, 3.8) is 0 Å². The molecule has 6 nitrogen and oxygen atoms in total. The molecule has 2 aromatic rings. The van der Waals surface area contributed by atoms with Gasteiger partial charge in [0.15, 0.2) is 11.5 Å². The number of rotatable bonds is 6. The second-order valence-electron chi connectivity index (χ2n) is 11.5. The highest BCUT2D eigenvalue weighted by Gasteiger charge is 2.66. The van der Waals surface area contributed by atoms with Gasteiger partial charge in [-0.05, 0) is 68.0 Å². The van der Waals surface area contributed by atoms with Gasteiger partial charge in [-0.1, -0.05) is 30.3 Å². The van der Waals surface area contributed by atoms with E-state index in [2.05, 4.69) is 45.9 Å². The molecule has 2 heterocycles. The Morgan fingerprint density at radius 2 is 2.03 bits per heavy atom. The number of phenolic OH excluding ortho intramolecular Hbond substituents is 1. The van der Waals surface area contributed by atoms with E-state index in [-0.39, 0.29) is 29.2 Å². The SMILES string of the molecule is CC(=O)Nc1cc(O)c2c3c1C[C@@H]1[C@@H]4CC[C@@H](NCc5ccccc5)[C@H](O2)[C@]34CCN1CC1CC1. The summed E-state index contributed by atoms with van der Waals surface area (Å²) in [6, 6.07) is 13.0. The number of ether oxygens (including phenoxy) is 1. The van der Waals surface area contributed by atoms with Gasteiger partial charge in [-0.15, -0.1) is 0 Å². The van der Waals surface area contributed by atoms with Gasteiger partial charge in [0.2, 0.25) is 5.91 Å². The molecular weight excluding hydrogens is 438 g/mol. The van der Waals surface area contributed by atoms with Crippen LogP contribution in [-0.2, 0) is 23.2 Å². The second-order valence-corrected chi connectivity index (χ2v) is 11.5. The minimum absolute atomic E-state index is 0.00284. The van der Waals surface area contributed by atoms with Crippen molar-refractivity contribution in [2.24, 2.45) is 11.8 Å². The van der Waals surface area contributed by atoms with Crippen LogP contribution in [0, 0.1) is 11.8 Å². The van der Waals surface area contributed by atoms with Gasteiger partial charge >= 0.3 is 0 Å².